The first-order valence-electron chi connectivity index (χ1n) is 8.51. The lowest BCUT2D eigenvalue weighted by Gasteiger charge is -2.14. The molecule has 1 heterocycles. The Balaban J connectivity index is 1.67. The molecule has 1 aromatic heterocycles. The quantitative estimate of drug-likeness (QED) is 0.605. The molecule has 0 saturated carbocycles. The molecule has 2 aromatic carbocycles. The number of methoxy groups -OCH3 is 1. The van der Waals surface area contributed by atoms with E-state index in [9.17, 15) is 9.59 Å². The third-order valence-corrected chi connectivity index (χ3v) is 3.85. The molecule has 0 bridgehead atoms. The Bertz CT molecular complexity index is 945. The molecule has 0 saturated heterocycles. The van der Waals surface area contributed by atoms with Crippen LogP contribution >= 0.6 is 0 Å². The zero-order valence-electron chi connectivity index (χ0n) is 15.3. The molecular weight excluding hydrogens is 346 g/mol. The van der Waals surface area contributed by atoms with E-state index in [2.05, 4.69) is 15.8 Å². The van der Waals surface area contributed by atoms with Gasteiger partial charge in [0.25, 0.3) is 11.8 Å². The van der Waals surface area contributed by atoms with E-state index >= 15 is 0 Å². The molecule has 0 fully saturated rings. The summed E-state index contributed by atoms with van der Waals surface area (Å²) in [7, 11) is 1.50. The number of nitrogens with one attached hydrogen (secondary N) is 3. The van der Waals surface area contributed by atoms with E-state index in [4.69, 9.17) is 9.47 Å². The Labute approximate surface area is 156 Å². The van der Waals surface area contributed by atoms with Crippen LogP contribution in [0.2, 0.25) is 0 Å². The maximum absolute atomic E-state index is 12.3. The van der Waals surface area contributed by atoms with Gasteiger partial charge in [-0.05, 0) is 44.2 Å². The molecule has 7 nitrogen and oxygen atoms in total. The van der Waals surface area contributed by atoms with Crippen molar-refractivity contribution in [3.05, 3.63) is 59.8 Å². The van der Waals surface area contributed by atoms with Crippen molar-refractivity contribution in [1.29, 1.82) is 0 Å². The van der Waals surface area contributed by atoms with Gasteiger partial charge in [-0.3, -0.25) is 20.4 Å². The van der Waals surface area contributed by atoms with E-state index in [1.807, 2.05) is 38.1 Å². The highest BCUT2D eigenvalue weighted by atomic mass is 16.5. The second-order valence-corrected chi connectivity index (χ2v) is 6.21. The monoisotopic (exact) mass is 367 g/mol. The minimum atomic E-state index is -0.464. The van der Waals surface area contributed by atoms with Gasteiger partial charge in [-0.1, -0.05) is 18.2 Å². The Kier molecular flexibility index (Phi) is 5.30. The largest absolute Gasteiger partial charge is 0.493 e. The van der Waals surface area contributed by atoms with Crippen molar-refractivity contribution >= 4 is 22.7 Å². The van der Waals surface area contributed by atoms with Gasteiger partial charge in [0.05, 0.1) is 13.2 Å². The highest BCUT2D eigenvalue weighted by Crippen LogP contribution is 2.28. The van der Waals surface area contributed by atoms with Gasteiger partial charge in [-0.15, -0.1) is 0 Å². The number of ether oxygens (including phenoxy) is 2. The maximum atomic E-state index is 12.3. The number of hydrogen-bond donors (Lipinski definition) is 3. The fraction of sp³-hybridized carbons (Fsp3) is 0.200. The van der Waals surface area contributed by atoms with E-state index in [1.165, 1.54) is 7.11 Å². The minimum absolute atomic E-state index is 0.0193. The van der Waals surface area contributed by atoms with Gasteiger partial charge in [-0.25, -0.2) is 0 Å². The third kappa shape index (κ3) is 4.20. The normalized spacial score (nSPS) is 10.7. The average Bonchev–Trinajstić information content (AvgIpc) is 3.10. The van der Waals surface area contributed by atoms with Gasteiger partial charge in [0.15, 0.2) is 11.5 Å². The van der Waals surface area contributed by atoms with Crippen LogP contribution in [0.25, 0.3) is 10.9 Å². The molecule has 3 aromatic rings. The van der Waals surface area contributed by atoms with Crippen LogP contribution in [-0.2, 0) is 0 Å². The first-order chi connectivity index (χ1) is 13.0. The van der Waals surface area contributed by atoms with E-state index in [1.54, 1.807) is 24.3 Å². The number of hydrogen-bond acceptors (Lipinski definition) is 4. The van der Waals surface area contributed by atoms with Crippen LogP contribution in [-0.4, -0.2) is 30.0 Å². The maximum Gasteiger partial charge on any atom is 0.286 e. The number of rotatable bonds is 5. The number of hydrazine groups is 1. The van der Waals surface area contributed by atoms with Gasteiger partial charge in [-0.2, -0.15) is 0 Å². The van der Waals surface area contributed by atoms with Crippen LogP contribution in [0.3, 0.4) is 0 Å². The summed E-state index contributed by atoms with van der Waals surface area (Å²) >= 11 is 0. The molecule has 0 spiro atoms. The molecule has 0 unspecified atom stereocenters. The zero-order valence-corrected chi connectivity index (χ0v) is 15.3. The molecule has 7 heteroatoms. The van der Waals surface area contributed by atoms with Crippen molar-refractivity contribution in [2.45, 2.75) is 20.0 Å². The van der Waals surface area contributed by atoms with Gasteiger partial charge in [0.2, 0.25) is 0 Å². The number of aromatic nitrogens is 1. The summed E-state index contributed by atoms with van der Waals surface area (Å²) in [5.74, 6) is 0.0876. The van der Waals surface area contributed by atoms with Crippen LogP contribution in [0.4, 0.5) is 0 Å². The first-order valence-corrected chi connectivity index (χ1v) is 8.51. The summed E-state index contributed by atoms with van der Waals surface area (Å²) in [6.45, 7) is 3.80. The lowest BCUT2D eigenvalue weighted by atomic mass is 10.2. The standard InChI is InChI=1S/C20H21N3O4/c1-12(2)27-17-9-8-14(11-18(17)26-3)19(24)22-23-20(25)16-10-13-6-4-5-7-15(13)21-16/h4-12,21H,1-3H3,(H,22,24)(H,23,25). The summed E-state index contributed by atoms with van der Waals surface area (Å²) in [6, 6.07) is 14.1. The van der Waals surface area contributed by atoms with Crippen molar-refractivity contribution in [2.75, 3.05) is 7.11 Å². The van der Waals surface area contributed by atoms with Crippen molar-refractivity contribution in [2.24, 2.45) is 0 Å². The minimum Gasteiger partial charge on any atom is -0.493 e. The highest BCUT2D eigenvalue weighted by molar-refractivity contribution is 6.01. The number of para-hydroxylation sites is 1. The molecule has 0 aliphatic carbocycles. The number of aromatic amines is 1. The fourth-order valence-electron chi connectivity index (χ4n) is 2.61. The average molecular weight is 367 g/mol. The number of benzene rings is 2. The number of fused-ring (bicyclic) bond motifs is 1. The second kappa shape index (κ2) is 7.82. The van der Waals surface area contributed by atoms with Crippen molar-refractivity contribution in [3.8, 4) is 11.5 Å². The van der Waals surface area contributed by atoms with Gasteiger partial charge in [0.1, 0.15) is 5.69 Å². The molecular formula is C20H21N3O4. The van der Waals surface area contributed by atoms with Crippen molar-refractivity contribution < 1.29 is 19.1 Å². The third-order valence-electron chi connectivity index (χ3n) is 3.85. The summed E-state index contributed by atoms with van der Waals surface area (Å²) in [5, 5.41) is 0.916. The van der Waals surface area contributed by atoms with E-state index < -0.39 is 11.8 Å². The summed E-state index contributed by atoms with van der Waals surface area (Å²) in [5.41, 5.74) is 6.34. The molecule has 3 rings (SSSR count). The summed E-state index contributed by atoms with van der Waals surface area (Å²) in [6.07, 6.45) is -0.0193. The molecule has 0 radical (unpaired) electrons. The van der Waals surface area contributed by atoms with E-state index in [0.717, 1.165) is 10.9 Å². The Morgan fingerprint density at radius 3 is 2.41 bits per heavy atom. The van der Waals surface area contributed by atoms with Gasteiger partial charge in [0, 0.05) is 16.5 Å². The number of carbonyl (C=O) groups is 2. The molecule has 2 amide bonds. The predicted octanol–water partition coefficient (Wildman–Crippen LogP) is 3.04. The molecule has 0 aliphatic rings. The second-order valence-electron chi connectivity index (χ2n) is 6.21. The van der Waals surface area contributed by atoms with Crippen molar-refractivity contribution in [1.82, 2.24) is 15.8 Å². The van der Waals surface area contributed by atoms with Crippen LogP contribution in [0.5, 0.6) is 11.5 Å². The summed E-state index contributed by atoms with van der Waals surface area (Å²) < 4.78 is 10.9. The Morgan fingerprint density at radius 2 is 1.70 bits per heavy atom. The molecule has 3 N–H and O–H groups in total. The van der Waals surface area contributed by atoms with Crippen LogP contribution < -0.4 is 20.3 Å². The van der Waals surface area contributed by atoms with Crippen molar-refractivity contribution in [3.63, 3.8) is 0 Å². The Hall–Kier alpha value is -3.48. The topological polar surface area (TPSA) is 92.5 Å². The smallest absolute Gasteiger partial charge is 0.286 e. The van der Waals surface area contributed by atoms with E-state index in [0.29, 0.717) is 22.8 Å². The van der Waals surface area contributed by atoms with Gasteiger partial charge < -0.3 is 14.5 Å². The molecule has 140 valence electrons. The molecule has 0 atom stereocenters. The number of amides is 2. The Morgan fingerprint density at radius 1 is 0.963 bits per heavy atom. The van der Waals surface area contributed by atoms with E-state index in [-0.39, 0.29) is 6.10 Å². The molecule has 0 aliphatic heterocycles. The van der Waals surface area contributed by atoms with Crippen LogP contribution in [0.1, 0.15) is 34.7 Å². The lowest BCUT2D eigenvalue weighted by molar-refractivity contribution is 0.0844. The lowest BCUT2D eigenvalue weighted by Crippen LogP contribution is -2.41. The van der Waals surface area contributed by atoms with Crippen LogP contribution in [0.15, 0.2) is 48.5 Å². The molecule has 27 heavy (non-hydrogen) atoms. The zero-order chi connectivity index (χ0) is 19.4. The van der Waals surface area contributed by atoms with Crippen LogP contribution in [0, 0.1) is 0 Å². The highest BCUT2D eigenvalue weighted by Gasteiger charge is 2.14. The SMILES string of the molecule is COc1cc(C(=O)NNC(=O)c2cc3ccccc3[nH]2)ccc1OC(C)C. The number of H-pyrrole nitrogens is 1. The summed E-state index contributed by atoms with van der Waals surface area (Å²) in [4.78, 5) is 27.6. The van der Waals surface area contributed by atoms with Gasteiger partial charge >= 0.3 is 0 Å². The number of carbonyl (C=O) groups excluding carboxylic acids is 2. The fourth-order valence-corrected chi connectivity index (χ4v) is 2.61. The first kappa shape index (κ1) is 18.3. The predicted molar refractivity (Wildman–Crippen MR) is 102 cm³/mol.